The highest BCUT2D eigenvalue weighted by Crippen LogP contribution is 2.46. The zero-order chi connectivity index (χ0) is 62.8. The van der Waals surface area contributed by atoms with Crippen LogP contribution in [0.4, 0.5) is 4.39 Å². The summed E-state index contributed by atoms with van der Waals surface area (Å²) in [5, 5.41) is 28.5. The molecule has 3 unspecified atom stereocenters. The SMILES string of the molecule is CCC1(O)C(=O)OCc2c1cc1n(c2=O)Cc2c-1nc1cc(F)c(C)c3c1c2C(NC=O)CC3.O=C(CCN1C(=O)CC(S)C1=O)NCCOCCOCCOCCOCCC(=O)NCC(=O)NCC(=O)NCC(=O)NCC(=O)NCC(=O)N1CCC1. The summed E-state index contributed by atoms with van der Waals surface area (Å²) >= 11 is 4.04. The van der Waals surface area contributed by atoms with Gasteiger partial charge in [0.25, 0.3) is 5.56 Å². The maximum absolute atomic E-state index is 14.8. The van der Waals surface area contributed by atoms with E-state index >= 15 is 0 Å². The Labute approximate surface area is 503 Å². The van der Waals surface area contributed by atoms with Crippen LogP contribution in [-0.4, -0.2) is 207 Å². The minimum Gasteiger partial charge on any atom is -0.458 e. The number of aryl methyl sites for hydroxylation is 1. The highest BCUT2D eigenvalue weighted by atomic mass is 32.1. The van der Waals surface area contributed by atoms with Crippen molar-refractivity contribution < 1.29 is 85.9 Å². The lowest BCUT2D eigenvalue weighted by atomic mass is 9.81. The molecule has 8 rings (SSSR count). The minimum atomic E-state index is -1.92. The van der Waals surface area contributed by atoms with Gasteiger partial charge in [0, 0.05) is 68.0 Å². The molecule has 0 radical (unpaired) electrons. The summed E-state index contributed by atoms with van der Waals surface area (Å²) in [5.41, 5.74) is 2.64. The summed E-state index contributed by atoms with van der Waals surface area (Å²) in [7, 11) is 0. The Kier molecular flexibility index (Phi) is 24.2. The molecule has 0 saturated carbocycles. The monoisotopic (exact) mass is 1240 g/mol. The number of rotatable bonds is 31. The summed E-state index contributed by atoms with van der Waals surface area (Å²) in [5.74, 6) is -5.24. The molecule has 6 heterocycles. The van der Waals surface area contributed by atoms with Gasteiger partial charge in [-0.25, -0.2) is 14.2 Å². The number of halogens is 1. The first-order valence-electron chi connectivity index (χ1n) is 28.5. The number of hydrogen-bond donors (Lipinski definition) is 9. The van der Waals surface area contributed by atoms with Crippen molar-refractivity contribution >= 4 is 89.1 Å². The normalized spacial score (nSPS) is 17.8. The molecule has 8 N–H and O–H groups in total. The minimum absolute atomic E-state index is 0.000140. The Morgan fingerprint density at radius 1 is 0.770 bits per heavy atom. The number of esters is 1. The number of pyridine rings is 2. The summed E-state index contributed by atoms with van der Waals surface area (Å²) in [6, 6.07) is 2.72. The molecular formula is C56H72FN11O18S. The Morgan fingerprint density at radius 2 is 1.34 bits per heavy atom. The van der Waals surface area contributed by atoms with Crippen LogP contribution in [0.25, 0.3) is 22.3 Å². The number of hydrogen-bond acceptors (Lipinski definition) is 20. The predicted molar refractivity (Wildman–Crippen MR) is 305 cm³/mol. The van der Waals surface area contributed by atoms with Gasteiger partial charge in [0.2, 0.25) is 59.6 Å². The van der Waals surface area contributed by atoms with Crippen LogP contribution < -0.4 is 42.8 Å². The van der Waals surface area contributed by atoms with Gasteiger partial charge >= 0.3 is 5.97 Å². The van der Waals surface area contributed by atoms with Crippen LogP contribution in [0, 0.1) is 12.7 Å². The van der Waals surface area contributed by atoms with E-state index in [-0.39, 0.29) is 150 Å². The lowest BCUT2D eigenvalue weighted by Gasteiger charge is -2.31. The van der Waals surface area contributed by atoms with Crippen molar-refractivity contribution in [3.05, 3.63) is 61.7 Å². The third-order valence-corrected chi connectivity index (χ3v) is 15.4. The molecular weight excluding hydrogens is 1170 g/mol. The number of carbonyl (C=O) groups excluding carboxylic acids is 11. The number of benzene rings is 1. The molecule has 3 aromatic rings. The number of aliphatic hydroxyl groups is 1. The van der Waals surface area contributed by atoms with Crippen molar-refractivity contribution in [3.63, 3.8) is 0 Å². The highest BCUT2D eigenvalue weighted by molar-refractivity contribution is 7.81. The molecule has 31 heteroatoms. The molecule has 1 aliphatic carbocycles. The number of nitrogens with zero attached hydrogens (tertiary/aromatic N) is 4. The van der Waals surface area contributed by atoms with Gasteiger partial charge in [0.1, 0.15) is 12.4 Å². The van der Waals surface area contributed by atoms with Crippen LogP contribution >= 0.6 is 12.6 Å². The number of fused-ring (bicyclic) bond motifs is 5. The Balaban J connectivity index is 0.000000270. The zero-order valence-corrected chi connectivity index (χ0v) is 49.2. The van der Waals surface area contributed by atoms with E-state index < -0.39 is 59.4 Å². The smallest absolute Gasteiger partial charge is 0.343 e. The maximum atomic E-state index is 14.8. The summed E-state index contributed by atoms with van der Waals surface area (Å²) in [6.07, 6.45) is 2.90. The van der Waals surface area contributed by atoms with E-state index in [1.54, 1.807) is 29.4 Å². The van der Waals surface area contributed by atoms with Crippen molar-refractivity contribution in [2.75, 3.05) is 112 Å². The fourth-order valence-electron chi connectivity index (χ4n) is 10.1. The second-order valence-corrected chi connectivity index (χ2v) is 21.3. The van der Waals surface area contributed by atoms with Crippen molar-refractivity contribution in [3.8, 4) is 11.4 Å². The molecule has 10 amide bonds. The lowest BCUT2D eigenvalue weighted by molar-refractivity contribution is -0.172. The summed E-state index contributed by atoms with van der Waals surface area (Å²) in [4.78, 5) is 151. The number of ether oxygens (including phenoxy) is 5. The molecule has 29 nitrogen and oxygen atoms in total. The number of thiol groups is 1. The van der Waals surface area contributed by atoms with Crippen LogP contribution in [0.5, 0.6) is 0 Å². The molecule has 0 bridgehead atoms. The molecule has 472 valence electrons. The molecule has 5 aliphatic rings. The van der Waals surface area contributed by atoms with E-state index in [4.69, 9.17) is 28.7 Å². The third kappa shape index (κ3) is 17.2. The molecule has 2 fully saturated rings. The van der Waals surface area contributed by atoms with Gasteiger partial charge < -0.3 is 75.5 Å². The molecule has 4 aliphatic heterocycles. The van der Waals surface area contributed by atoms with Gasteiger partial charge in [-0.05, 0) is 55.4 Å². The number of carbonyl (C=O) groups is 11. The second-order valence-electron chi connectivity index (χ2n) is 20.7. The average molecular weight is 1240 g/mol. The van der Waals surface area contributed by atoms with Gasteiger partial charge in [0.05, 0.1) is 126 Å². The standard InChI is InChI=1S/C31H50N8O13S.C25H22FN3O5/c40-23(2-7-39-29(46)16-22(53)31(39)48)32-4-9-50-11-13-52-15-14-51-12-10-49-8-3-24(41)33-17-25(42)34-18-26(43)35-19-27(44)36-20-28(45)37-21-30(47)38-5-1-6-38;1-3-25(33)15-6-19-22-13(8-29(19)23(31)14(15)9-34-24(25)32)21-17(27-10-30)5-4-12-11(2)16(26)7-18(28-22)20(12)21/h22,53H,1-21H2,(H,32,40)(H,33,41)(H,34,42)(H,35,43)(H,36,44)(H,37,45);6-7,10,17,33H,3-5,8-9H2,1-2H3,(H,27,30). The summed E-state index contributed by atoms with van der Waals surface area (Å²) < 4.78 is 42.9. The highest BCUT2D eigenvalue weighted by Gasteiger charge is 2.46. The first kappa shape index (κ1) is 66.6. The fraction of sp³-hybridized carbons (Fsp3) is 0.554. The fourth-order valence-corrected chi connectivity index (χ4v) is 10.4. The topological polar surface area (TPSA) is 380 Å². The number of likely N-dealkylation sites (tertiary alicyclic amines) is 2. The number of cyclic esters (lactones) is 1. The molecule has 2 saturated heterocycles. The average Bonchev–Trinajstić information content (AvgIpc) is 1.66. The summed E-state index contributed by atoms with van der Waals surface area (Å²) in [6.45, 7) is 5.46. The Morgan fingerprint density at radius 3 is 1.91 bits per heavy atom. The van der Waals surface area contributed by atoms with Gasteiger partial charge in [-0.15, -0.1) is 0 Å². The zero-order valence-electron chi connectivity index (χ0n) is 48.3. The van der Waals surface area contributed by atoms with Gasteiger partial charge in [-0.2, -0.15) is 12.6 Å². The van der Waals surface area contributed by atoms with Gasteiger partial charge in [0.15, 0.2) is 5.60 Å². The van der Waals surface area contributed by atoms with Crippen molar-refractivity contribution in [2.45, 2.75) is 88.8 Å². The Hall–Kier alpha value is -7.97. The van der Waals surface area contributed by atoms with E-state index in [0.717, 1.165) is 33.4 Å². The number of nitrogens with one attached hydrogen (secondary N) is 7. The van der Waals surface area contributed by atoms with Crippen LogP contribution in [-0.2, 0) is 102 Å². The van der Waals surface area contributed by atoms with E-state index in [1.807, 2.05) is 0 Å². The largest absolute Gasteiger partial charge is 0.458 e. The predicted octanol–water partition coefficient (Wildman–Crippen LogP) is -2.92. The molecule has 0 spiro atoms. The number of amides is 10. The van der Waals surface area contributed by atoms with Crippen LogP contribution in [0.15, 0.2) is 16.9 Å². The Bertz CT molecular complexity index is 3200. The first-order chi connectivity index (χ1) is 41.8. The van der Waals surface area contributed by atoms with E-state index in [1.165, 1.54) is 6.07 Å². The van der Waals surface area contributed by atoms with Crippen molar-refractivity contribution in [2.24, 2.45) is 0 Å². The maximum Gasteiger partial charge on any atom is 0.343 e. The molecule has 3 atom stereocenters. The second kappa shape index (κ2) is 31.6. The van der Waals surface area contributed by atoms with Crippen LogP contribution in [0.2, 0.25) is 0 Å². The van der Waals surface area contributed by atoms with Crippen molar-refractivity contribution in [1.82, 2.24) is 56.6 Å². The van der Waals surface area contributed by atoms with Crippen molar-refractivity contribution in [1.29, 1.82) is 0 Å². The molecule has 1 aromatic carbocycles. The van der Waals surface area contributed by atoms with Gasteiger partial charge in [-0.1, -0.05) is 6.92 Å². The third-order valence-electron chi connectivity index (χ3n) is 15.0. The first-order valence-corrected chi connectivity index (χ1v) is 29.0. The quantitative estimate of drug-likeness (QED) is 0.00801. The van der Waals surface area contributed by atoms with Crippen LogP contribution in [0.3, 0.4) is 0 Å². The van der Waals surface area contributed by atoms with Gasteiger partial charge in [-0.3, -0.25) is 57.6 Å². The van der Waals surface area contributed by atoms with E-state index in [2.05, 4.69) is 49.8 Å². The lowest BCUT2D eigenvalue weighted by Crippen LogP contribution is -2.49. The molecule has 87 heavy (non-hydrogen) atoms. The number of aromatic nitrogens is 2. The van der Waals surface area contributed by atoms with Crippen LogP contribution in [0.1, 0.15) is 84.9 Å². The molecule has 2 aromatic heterocycles. The van der Waals surface area contributed by atoms with E-state index in [0.29, 0.717) is 81.2 Å². The number of imide groups is 1. The van der Waals surface area contributed by atoms with E-state index in [9.17, 15) is 67.0 Å².